The monoisotopic (exact) mass is 443 g/mol. The second kappa shape index (κ2) is 8.85. The predicted molar refractivity (Wildman–Crippen MR) is 106 cm³/mol. The van der Waals surface area contributed by atoms with Crippen molar-refractivity contribution in [3.05, 3.63) is 75.8 Å². The van der Waals surface area contributed by atoms with Gasteiger partial charge < -0.3 is 10.0 Å². The van der Waals surface area contributed by atoms with Crippen LogP contribution in [0.4, 0.5) is 18.3 Å². The van der Waals surface area contributed by atoms with Crippen LogP contribution < -0.4 is 10.0 Å². The molecule has 0 aliphatic carbocycles. The van der Waals surface area contributed by atoms with E-state index in [0.29, 0.717) is 20.6 Å². The van der Waals surface area contributed by atoms with E-state index >= 15 is 0 Å². The summed E-state index contributed by atoms with van der Waals surface area (Å²) in [6.45, 7) is 0.139. The van der Waals surface area contributed by atoms with Gasteiger partial charge in [-0.1, -0.05) is 35.1 Å². The van der Waals surface area contributed by atoms with Gasteiger partial charge in [-0.2, -0.15) is 13.2 Å². The fourth-order valence-corrected chi connectivity index (χ4v) is 3.66. The van der Waals surface area contributed by atoms with Crippen LogP contribution in [0, 0.1) is 0 Å². The average Bonchev–Trinajstić information content (AvgIpc) is 3.10. The molecule has 3 aromatic rings. The van der Waals surface area contributed by atoms with E-state index in [9.17, 15) is 18.0 Å². The summed E-state index contributed by atoms with van der Waals surface area (Å²) in [5.41, 5.74) is 0.317. The third-order valence-electron chi connectivity index (χ3n) is 3.58. The van der Waals surface area contributed by atoms with Gasteiger partial charge in [-0.25, -0.2) is 4.98 Å². The lowest BCUT2D eigenvalue weighted by Gasteiger charge is -2.09. The van der Waals surface area contributed by atoms with Gasteiger partial charge in [-0.3, -0.25) is 4.79 Å². The van der Waals surface area contributed by atoms with Crippen LogP contribution in [0.2, 0.25) is 4.34 Å². The maximum absolute atomic E-state index is 12.6. The van der Waals surface area contributed by atoms with Crippen molar-refractivity contribution >= 4 is 45.9 Å². The Labute approximate surface area is 172 Å². The minimum atomic E-state index is -4.37. The van der Waals surface area contributed by atoms with Gasteiger partial charge in [0.15, 0.2) is 5.13 Å². The molecule has 0 spiro atoms. The Balaban J connectivity index is 1.51. The zero-order chi connectivity index (χ0) is 20.1. The summed E-state index contributed by atoms with van der Waals surface area (Å²) in [5, 5.41) is 3.36. The van der Waals surface area contributed by atoms with Crippen LogP contribution in [0.15, 0.2) is 59.6 Å². The molecule has 4 nitrogen and oxygen atoms in total. The van der Waals surface area contributed by atoms with Gasteiger partial charge in [0.05, 0.1) is 11.8 Å². The summed E-state index contributed by atoms with van der Waals surface area (Å²) in [4.78, 5) is 17.2. The van der Waals surface area contributed by atoms with Crippen molar-refractivity contribution in [2.75, 3.05) is 4.72 Å². The molecule has 28 heavy (non-hydrogen) atoms. The van der Waals surface area contributed by atoms with Gasteiger partial charge >= 0.3 is 6.18 Å². The number of thiazole rings is 1. The lowest BCUT2D eigenvalue weighted by Crippen LogP contribution is -2.22. The smallest absolute Gasteiger partial charge is 0.348 e. The van der Waals surface area contributed by atoms with E-state index in [1.807, 2.05) is 0 Å². The van der Waals surface area contributed by atoms with Gasteiger partial charge in [0.2, 0.25) is 0 Å². The van der Waals surface area contributed by atoms with Crippen molar-refractivity contribution in [3.63, 3.8) is 0 Å². The van der Waals surface area contributed by atoms with Crippen LogP contribution in [0.5, 0.6) is 0 Å². The number of nitrogens with one attached hydrogen (secondary N) is 2. The summed E-state index contributed by atoms with van der Waals surface area (Å²) < 4.78 is 41.3. The second-order valence-electron chi connectivity index (χ2n) is 5.58. The molecule has 1 amide bonds. The first-order valence-electron chi connectivity index (χ1n) is 7.90. The van der Waals surface area contributed by atoms with E-state index in [1.165, 1.54) is 35.4 Å². The van der Waals surface area contributed by atoms with Crippen LogP contribution in [0.3, 0.4) is 0 Å². The van der Waals surface area contributed by atoms with E-state index in [2.05, 4.69) is 15.0 Å². The number of amides is 1. The number of carbonyl (C=O) groups excluding carboxylic acids is 1. The summed E-state index contributed by atoms with van der Waals surface area (Å²) in [6, 6.07) is 11.6. The van der Waals surface area contributed by atoms with Crippen molar-refractivity contribution in [2.24, 2.45) is 0 Å². The normalized spacial score (nSPS) is 11.3. The number of hydrogen-bond donors (Lipinski definition) is 2. The molecule has 1 aromatic heterocycles. The van der Waals surface area contributed by atoms with Crippen LogP contribution >= 0.6 is 34.9 Å². The summed E-state index contributed by atoms with van der Waals surface area (Å²) in [7, 11) is 0. The molecule has 0 aliphatic rings. The van der Waals surface area contributed by atoms with E-state index in [4.69, 9.17) is 11.6 Å². The summed E-state index contributed by atoms with van der Waals surface area (Å²) >= 11 is 8.47. The maximum atomic E-state index is 12.6. The molecule has 2 N–H and O–H groups in total. The van der Waals surface area contributed by atoms with E-state index in [1.54, 1.807) is 30.5 Å². The lowest BCUT2D eigenvalue weighted by atomic mass is 10.1. The van der Waals surface area contributed by atoms with Crippen LogP contribution in [-0.2, 0) is 12.7 Å². The number of carbonyl (C=O) groups is 1. The van der Waals surface area contributed by atoms with E-state index in [0.717, 1.165) is 17.0 Å². The topological polar surface area (TPSA) is 54.0 Å². The fourth-order valence-electron chi connectivity index (χ4n) is 2.17. The molecule has 1 heterocycles. The number of anilines is 1. The van der Waals surface area contributed by atoms with Crippen molar-refractivity contribution in [1.29, 1.82) is 0 Å². The molecule has 0 saturated heterocycles. The molecule has 146 valence electrons. The molecular weight excluding hydrogens is 431 g/mol. The van der Waals surface area contributed by atoms with Crippen molar-refractivity contribution in [3.8, 4) is 0 Å². The Morgan fingerprint density at radius 2 is 1.79 bits per heavy atom. The molecule has 0 unspecified atom stereocenters. The minimum Gasteiger partial charge on any atom is -0.348 e. The van der Waals surface area contributed by atoms with Gasteiger partial charge in [0.1, 0.15) is 4.34 Å². The largest absolute Gasteiger partial charge is 0.416 e. The molecule has 0 fully saturated rings. The Morgan fingerprint density at radius 3 is 2.36 bits per heavy atom. The van der Waals surface area contributed by atoms with Crippen LogP contribution in [0.25, 0.3) is 0 Å². The maximum Gasteiger partial charge on any atom is 0.416 e. The number of rotatable bonds is 6. The number of alkyl halides is 3. The molecule has 0 bridgehead atoms. The van der Waals surface area contributed by atoms with Crippen LogP contribution in [-0.4, -0.2) is 10.9 Å². The molecule has 0 aliphatic heterocycles. The third-order valence-corrected chi connectivity index (χ3v) is 5.55. The molecule has 0 saturated carbocycles. The highest BCUT2D eigenvalue weighted by Crippen LogP contribution is 2.29. The first-order valence-corrected chi connectivity index (χ1v) is 9.91. The zero-order valence-corrected chi connectivity index (χ0v) is 16.5. The van der Waals surface area contributed by atoms with Gasteiger partial charge in [-0.05, 0) is 53.9 Å². The van der Waals surface area contributed by atoms with E-state index < -0.39 is 11.7 Å². The quantitative estimate of drug-likeness (QED) is 0.468. The Morgan fingerprint density at radius 1 is 1.11 bits per heavy atom. The average molecular weight is 444 g/mol. The highest BCUT2D eigenvalue weighted by atomic mass is 35.5. The number of hydrogen-bond acceptors (Lipinski definition) is 5. The van der Waals surface area contributed by atoms with Gasteiger partial charge in [-0.15, -0.1) is 0 Å². The minimum absolute atomic E-state index is 0.139. The first kappa shape index (κ1) is 20.5. The van der Waals surface area contributed by atoms with Gasteiger partial charge in [0.25, 0.3) is 5.91 Å². The van der Waals surface area contributed by atoms with Crippen molar-refractivity contribution in [2.45, 2.75) is 17.6 Å². The lowest BCUT2D eigenvalue weighted by molar-refractivity contribution is -0.137. The highest BCUT2D eigenvalue weighted by molar-refractivity contribution is 8.00. The Kier molecular flexibility index (Phi) is 6.48. The second-order valence-corrected chi connectivity index (χ2v) is 8.12. The highest BCUT2D eigenvalue weighted by Gasteiger charge is 2.29. The standard InChI is InChI=1S/C18H13ClF3N3OS2/c19-15-10-24-17(27-15)25-28-14-7-3-12(4-8-14)16(26)23-9-11-1-5-13(6-2-11)18(20,21)22/h1-8,10H,9H2,(H,23,26)(H,24,25). The third kappa shape index (κ3) is 5.63. The number of benzene rings is 2. The molecule has 0 atom stereocenters. The number of halogens is 4. The van der Waals surface area contributed by atoms with Crippen LogP contribution in [0.1, 0.15) is 21.5 Å². The Hall–Kier alpha value is -2.23. The fraction of sp³-hybridized carbons (Fsp3) is 0.111. The molecular formula is C18H13ClF3N3OS2. The molecule has 2 aromatic carbocycles. The zero-order valence-electron chi connectivity index (χ0n) is 14.1. The van der Waals surface area contributed by atoms with Crippen molar-refractivity contribution in [1.82, 2.24) is 10.3 Å². The SMILES string of the molecule is O=C(NCc1ccc(C(F)(F)F)cc1)c1ccc(SNc2ncc(Cl)s2)cc1. The number of aromatic nitrogens is 1. The van der Waals surface area contributed by atoms with E-state index in [-0.39, 0.29) is 12.5 Å². The molecule has 3 rings (SSSR count). The predicted octanol–water partition coefficient (Wildman–Crippen LogP) is 5.86. The Bertz CT molecular complexity index is 944. The summed E-state index contributed by atoms with van der Waals surface area (Å²) in [6.07, 6.45) is -2.82. The van der Waals surface area contributed by atoms with Gasteiger partial charge in [0, 0.05) is 17.0 Å². The number of nitrogens with zero attached hydrogens (tertiary/aromatic N) is 1. The molecule has 0 radical (unpaired) electrons. The molecule has 10 heteroatoms. The summed E-state index contributed by atoms with van der Waals surface area (Å²) in [5.74, 6) is -0.309. The first-order chi connectivity index (χ1) is 13.3. The van der Waals surface area contributed by atoms with Crippen molar-refractivity contribution < 1.29 is 18.0 Å².